The van der Waals surface area contributed by atoms with Gasteiger partial charge < -0.3 is 10.1 Å². The van der Waals surface area contributed by atoms with Gasteiger partial charge in [-0.15, -0.1) is 0 Å². The van der Waals surface area contributed by atoms with Crippen molar-refractivity contribution in [3.05, 3.63) is 29.8 Å². The molecule has 1 aromatic carbocycles. The Morgan fingerprint density at radius 1 is 1.23 bits per heavy atom. The smallest absolute Gasteiger partial charge is 0.223 e. The van der Waals surface area contributed by atoms with E-state index in [0.717, 1.165) is 51.1 Å². The van der Waals surface area contributed by atoms with Crippen LogP contribution in [-0.2, 0) is 11.3 Å². The van der Waals surface area contributed by atoms with Gasteiger partial charge in [0, 0.05) is 25.0 Å². The third-order valence-electron chi connectivity index (χ3n) is 4.89. The van der Waals surface area contributed by atoms with Gasteiger partial charge in [-0.25, -0.2) is 0 Å². The van der Waals surface area contributed by atoms with Crippen LogP contribution in [0.4, 0.5) is 0 Å². The minimum Gasteiger partial charge on any atom is -0.497 e. The SMILES string of the molecule is COc1ccc(CN2CCCC(NC(=O)C3CCC3)C2)cc1. The summed E-state index contributed by atoms with van der Waals surface area (Å²) in [5.74, 6) is 1.47. The van der Waals surface area contributed by atoms with Crippen LogP contribution in [0.25, 0.3) is 0 Å². The zero-order valence-corrected chi connectivity index (χ0v) is 13.4. The van der Waals surface area contributed by atoms with Crippen molar-refractivity contribution in [2.24, 2.45) is 5.92 Å². The first-order valence-corrected chi connectivity index (χ1v) is 8.40. The molecule has 4 nitrogen and oxygen atoms in total. The molecule has 0 spiro atoms. The molecule has 4 heteroatoms. The van der Waals surface area contributed by atoms with Crippen LogP contribution in [0, 0.1) is 5.92 Å². The predicted octanol–water partition coefficient (Wildman–Crippen LogP) is 2.58. The topological polar surface area (TPSA) is 41.6 Å². The molecule has 1 aromatic rings. The van der Waals surface area contributed by atoms with E-state index in [1.807, 2.05) is 12.1 Å². The van der Waals surface area contributed by atoms with E-state index in [9.17, 15) is 4.79 Å². The molecule has 3 rings (SSSR count). The lowest BCUT2D eigenvalue weighted by Gasteiger charge is -2.35. The third kappa shape index (κ3) is 3.80. The van der Waals surface area contributed by atoms with Crippen molar-refractivity contribution in [1.29, 1.82) is 0 Å². The Hall–Kier alpha value is -1.55. The molecular formula is C18H26N2O2. The minimum atomic E-state index is 0.280. The number of likely N-dealkylation sites (tertiary alicyclic amines) is 1. The fourth-order valence-corrected chi connectivity index (χ4v) is 3.30. The second-order valence-corrected chi connectivity index (χ2v) is 6.56. The molecule has 120 valence electrons. The minimum absolute atomic E-state index is 0.280. The Morgan fingerprint density at radius 3 is 2.64 bits per heavy atom. The fraction of sp³-hybridized carbons (Fsp3) is 0.611. The molecule has 0 radical (unpaired) electrons. The van der Waals surface area contributed by atoms with Crippen molar-refractivity contribution in [3.63, 3.8) is 0 Å². The average molecular weight is 302 g/mol. The summed E-state index contributed by atoms with van der Waals surface area (Å²) >= 11 is 0. The number of carbonyl (C=O) groups excluding carboxylic acids is 1. The summed E-state index contributed by atoms with van der Waals surface area (Å²) < 4.78 is 5.20. The Bertz CT molecular complexity index is 496. The van der Waals surface area contributed by atoms with E-state index in [2.05, 4.69) is 22.3 Å². The van der Waals surface area contributed by atoms with Gasteiger partial charge in [-0.2, -0.15) is 0 Å². The molecule has 1 aliphatic carbocycles. The van der Waals surface area contributed by atoms with Crippen molar-refractivity contribution >= 4 is 5.91 Å². The van der Waals surface area contributed by atoms with E-state index in [1.54, 1.807) is 7.11 Å². The summed E-state index contributed by atoms with van der Waals surface area (Å²) in [5.41, 5.74) is 1.30. The van der Waals surface area contributed by atoms with Gasteiger partial charge in [0.2, 0.25) is 5.91 Å². The van der Waals surface area contributed by atoms with Gasteiger partial charge in [0.15, 0.2) is 0 Å². The van der Waals surface area contributed by atoms with Crippen LogP contribution in [-0.4, -0.2) is 37.0 Å². The van der Waals surface area contributed by atoms with E-state index in [0.29, 0.717) is 6.04 Å². The van der Waals surface area contributed by atoms with Gasteiger partial charge in [0.25, 0.3) is 0 Å². The molecule has 1 amide bonds. The highest BCUT2D eigenvalue weighted by Crippen LogP contribution is 2.26. The van der Waals surface area contributed by atoms with Gasteiger partial charge in [-0.3, -0.25) is 9.69 Å². The molecule has 0 aromatic heterocycles. The number of nitrogens with one attached hydrogen (secondary N) is 1. The van der Waals surface area contributed by atoms with Gasteiger partial charge in [-0.1, -0.05) is 18.6 Å². The van der Waals surface area contributed by atoms with Crippen molar-refractivity contribution < 1.29 is 9.53 Å². The number of piperidine rings is 1. The lowest BCUT2D eigenvalue weighted by atomic mass is 9.84. The van der Waals surface area contributed by atoms with Crippen LogP contribution in [0.5, 0.6) is 5.75 Å². The number of amides is 1. The standard InChI is InChI=1S/C18H26N2O2/c1-22-17-9-7-14(8-10-17)12-20-11-3-6-16(13-20)19-18(21)15-4-2-5-15/h7-10,15-16H,2-6,11-13H2,1H3,(H,19,21). The molecule has 1 aliphatic heterocycles. The Labute approximate surface area is 132 Å². The first-order valence-electron chi connectivity index (χ1n) is 8.40. The monoisotopic (exact) mass is 302 g/mol. The van der Waals surface area contributed by atoms with E-state index < -0.39 is 0 Å². The zero-order chi connectivity index (χ0) is 15.4. The molecule has 2 fully saturated rings. The summed E-state index contributed by atoms with van der Waals surface area (Å²) in [6, 6.07) is 8.58. The lowest BCUT2D eigenvalue weighted by Crippen LogP contribution is -2.49. The summed E-state index contributed by atoms with van der Waals surface area (Å²) in [5, 5.41) is 3.25. The van der Waals surface area contributed by atoms with Gasteiger partial charge in [0.05, 0.1) is 7.11 Å². The lowest BCUT2D eigenvalue weighted by molar-refractivity contribution is -0.128. The molecular weight excluding hydrogens is 276 g/mol. The van der Waals surface area contributed by atoms with Crippen LogP contribution in [0.3, 0.4) is 0 Å². The quantitative estimate of drug-likeness (QED) is 0.909. The summed E-state index contributed by atoms with van der Waals surface area (Å²) in [4.78, 5) is 14.5. The zero-order valence-electron chi connectivity index (χ0n) is 13.4. The highest BCUT2D eigenvalue weighted by Gasteiger charge is 2.28. The number of methoxy groups -OCH3 is 1. The van der Waals surface area contributed by atoms with Crippen molar-refractivity contribution in [2.45, 2.75) is 44.7 Å². The largest absolute Gasteiger partial charge is 0.497 e. The molecule has 1 saturated carbocycles. The van der Waals surface area contributed by atoms with Crippen LogP contribution in [0.2, 0.25) is 0 Å². The fourth-order valence-electron chi connectivity index (χ4n) is 3.30. The summed E-state index contributed by atoms with van der Waals surface area (Å²) in [7, 11) is 1.69. The number of hydrogen-bond acceptors (Lipinski definition) is 3. The first kappa shape index (κ1) is 15.3. The number of carbonyl (C=O) groups is 1. The molecule has 0 bridgehead atoms. The van der Waals surface area contributed by atoms with Crippen molar-refractivity contribution in [3.8, 4) is 5.75 Å². The number of rotatable bonds is 5. The van der Waals surface area contributed by atoms with Crippen LogP contribution < -0.4 is 10.1 Å². The number of hydrogen-bond donors (Lipinski definition) is 1. The van der Waals surface area contributed by atoms with E-state index in [1.165, 1.54) is 12.0 Å². The summed E-state index contributed by atoms with van der Waals surface area (Å²) in [6.07, 6.45) is 5.64. The van der Waals surface area contributed by atoms with Gasteiger partial charge >= 0.3 is 0 Å². The van der Waals surface area contributed by atoms with E-state index in [-0.39, 0.29) is 11.8 Å². The predicted molar refractivity (Wildman–Crippen MR) is 86.8 cm³/mol. The second kappa shape index (κ2) is 7.14. The Kier molecular flexibility index (Phi) is 4.98. The number of nitrogens with zero attached hydrogens (tertiary/aromatic N) is 1. The molecule has 1 heterocycles. The third-order valence-corrected chi connectivity index (χ3v) is 4.89. The first-order chi connectivity index (χ1) is 10.7. The Balaban J connectivity index is 1.50. The molecule has 22 heavy (non-hydrogen) atoms. The van der Waals surface area contributed by atoms with Gasteiger partial charge in [-0.05, 0) is 49.9 Å². The highest BCUT2D eigenvalue weighted by molar-refractivity contribution is 5.79. The van der Waals surface area contributed by atoms with Crippen molar-refractivity contribution in [1.82, 2.24) is 10.2 Å². The number of benzene rings is 1. The Morgan fingerprint density at radius 2 is 2.00 bits per heavy atom. The van der Waals surface area contributed by atoms with Gasteiger partial charge in [0.1, 0.15) is 5.75 Å². The van der Waals surface area contributed by atoms with Crippen LogP contribution >= 0.6 is 0 Å². The average Bonchev–Trinajstić information content (AvgIpc) is 2.46. The maximum absolute atomic E-state index is 12.1. The van der Waals surface area contributed by atoms with Crippen LogP contribution in [0.1, 0.15) is 37.7 Å². The molecule has 2 aliphatic rings. The maximum atomic E-state index is 12.1. The maximum Gasteiger partial charge on any atom is 0.223 e. The van der Waals surface area contributed by atoms with E-state index >= 15 is 0 Å². The molecule has 1 atom stereocenters. The molecule has 1 N–H and O–H groups in total. The van der Waals surface area contributed by atoms with E-state index in [4.69, 9.17) is 4.74 Å². The molecule has 1 unspecified atom stereocenters. The normalized spacial score (nSPS) is 22.9. The second-order valence-electron chi connectivity index (χ2n) is 6.56. The summed E-state index contributed by atoms with van der Waals surface area (Å²) in [6.45, 7) is 3.02. The van der Waals surface area contributed by atoms with Crippen molar-refractivity contribution in [2.75, 3.05) is 20.2 Å². The highest BCUT2D eigenvalue weighted by atomic mass is 16.5. The number of ether oxygens (including phenoxy) is 1. The van der Waals surface area contributed by atoms with Crippen LogP contribution in [0.15, 0.2) is 24.3 Å². The molecule has 1 saturated heterocycles.